The molecule has 2 saturated heterocycles. The minimum Gasteiger partial charge on any atom is -0.411 e. The average molecular weight is 411 g/mol. The van der Waals surface area contributed by atoms with Crippen LogP contribution in [-0.4, -0.2) is 67.8 Å². The molecule has 2 N–H and O–H groups in total. The third kappa shape index (κ3) is 7.20. The summed E-state index contributed by atoms with van der Waals surface area (Å²) in [6.07, 6.45) is 7.10. The van der Waals surface area contributed by atoms with Gasteiger partial charge in [0.1, 0.15) is 0 Å². The molecule has 0 spiro atoms. The number of likely N-dealkylation sites (tertiary alicyclic amines) is 2. The van der Waals surface area contributed by atoms with Crippen LogP contribution in [0.3, 0.4) is 0 Å². The molecule has 0 atom stereocenters. The molecule has 0 saturated carbocycles. The van der Waals surface area contributed by atoms with E-state index in [1.165, 1.54) is 0 Å². The molecule has 160 valence electrons. The largest absolute Gasteiger partial charge is 0.411 e. The van der Waals surface area contributed by atoms with E-state index in [0.29, 0.717) is 0 Å². The highest BCUT2D eigenvalue weighted by Crippen LogP contribution is 2.11. The van der Waals surface area contributed by atoms with Gasteiger partial charge in [0.2, 0.25) is 0 Å². The highest BCUT2D eigenvalue weighted by Gasteiger charge is 2.16. The highest BCUT2D eigenvalue weighted by atomic mass is 16.4. The van der Waals surface area contributed by atoms with Gasteiger partial charge in [-0.15, -0.1) is 0 Å². The van der Waals surface area contributed by atoms with Crippen LogP contribution in [0.15, 0.2) is 59.1 Å². The van der Waals surface area contributed by atoms with Crippen molar-refractivity contribution in [2.45, 2.75) is 38.8 Å². The summed E-state index contributed by atoms with van der Waals surface area (Å²) in [5, 5.41) is 23.8. The van der Waals surface area contributed by atoms with Gasteiger partial charge in [0.05, 0.1) is 22.8 Å². The first kappa shape index (κ1) is 21.9. The monoisotopic (exact) mass is 410 g/mol. The summed E-state index contributed by atoms with van der Waals surface area (Å²) in [4.78, 5) is 13.2. The SMILES string of the molecule is ON=C1CCN(Cc2ccccn2)CC1.ON=C1CCN(Cc2ccccn2)CC1. The van der Waals surface area contributed by atoms with Crippen molar-refractivity contribution in [2.75, 3.05) is 26.2 Å². The topological polar surface area (TPSA) is 97.4 Å². The summed E-state index contributed by atoms with van der Waals surface area (Å²) < 4.78 is 0. The van der Waals surface area contributed by atoms with Crippen molar-refractivity contribution in [3.05, 3.63) is 60.2 Å². The van der Waals surface area contributed by atoms with E-state index in [4.69, 9.17) is 10.4 Å². The van der Waals surface area contributed by atoms with Crippen LogP contribution in [0.4, 0.5) is 0 Å². The molecule has 2 aliphatic rings. The quantitative estimate of drug-likeness (QED) is 0.594. The summed E-state index contributed by atoms with van der Waals surface area (Å²) in [6, 6.07) is 11.9. The normalized spacial score (nSPS) is 17.7. The number of hydrogen-bond acceptors (Lipinski definition) is 8. The predicted octanol–water partition coefficient (Wildman–Crippen LogP) is 3.02. The van der Waals surface area contributed by atoms with Crippen molar-refractivity contribution in [2.24, 2.45) is 10.3 Å². The van der Waals surface area contributed by atoms with Crippen molar-refractivity contribution >= 4 is 11.4 Å². The Kier molecular flexibility index (Phi) is 8.74. The molecule has 0 aliphatic carbocycles. The molecule has 8 nitrogen and oxygen atoms in total. The fraction of sp³-hybridized carbons (Fsp3) is 0.455. The Labute approximate surface area is 177 Å². The van der Waals surface area contributed by atoms with E-state index in [0.717, 1.165) is 87.8 Å². The zero-order valence-electron chi connectivity index (χ0n) is 17.3. The van der Waals surface area contributed by atoms with Crippen LogP contribution in [0.2, 0.25) is 0 Å². The number of oxime groups is 2. The van der Waals surface area contributed by atoms with E-state index >= 15 is 0 Å². The van der Waals surface area contributed by atoms with Gasteiger partial charge in [-0.3, -0.25) is 19.8 Å². The molecule has 0 radical (unpaired) electrons. The van der Waals surface area contributed by atoms with Gasteiger partial charge in [0.25, 0.3) is 0 Å². The van der Waals surface area contributed by atoms with Crippen molar-refractivity contribution in [3.8, 4) is 0 Å². The number of rotatable bonds is 4. The Balaban J connectivity index is 0.000000171. The zero-order valence-corrected chi connectivity index (χ0v) is 17.3. The maximum atomic E-state index is 8.62. The molecule has 0 bridgehead atoms. The smallest absolute Gasteiger partial charge is 0.0596 e. The lowest BCUT2D eigenvalue weighted by atomic mass is 10.1. The van der Waals surface area contributed by atoms with Crippen LogP contribution in [-0.2, 0) is 13.1 Å². The average Bonchev–Trinajstić information content (AvgIpc) is 2.82. The second kappa shape index (κ2) is 12.0. The number of aromatic nitrogens is 2. The molecule has 0 unspecified atom stereocenters. The lowest BCUT2D eigenvalue weighted by Crippen LogP contribution is -2.33. The molecule has 2 fully saturated rings. The van der Waals surface area contributed by atoms with E-state index in [1.807, 2.05) is 48.8 Å². The molecule has 8 heteroatoms. The van der Waals surface area contributed by atoms with Crippen LogP contribution < -0.4 is 0 Å². The highest BCUT2D eigenvalue weighted by molar-refractivity contribution is 5.85. The van der Waals surface area contributed by atoms with Crippen molar-refractivity contribution in [3.63, 3.8) is 0 Å². The number of nitrogens with zero attached hydrogens (tertiary/aromatic N) is 6. The second-order valence-corrected chi connectivity index (χ2v) is 7.53. The molecule has 2 aromatic rings. The third-order valence-electron chi connectivity index (χ3n) is 5.37. The minimum atomic E-state index is 0.864. The Hall–Kier alpha value is -2.84. The first-order valence-electron chi connectivity index (χ1n) is 10.4. The van der Waals surface area contributed by atoms with Crippen molar-refractivity contribution < 1.29 is 10.4 Å². The Bertz CT molecular complexity index is 723. The Morgan fingerprint density at radius 3 is 1.37 bits per heavy atom. The first-order chi connectivity index (χ1) is 14.8. The summed E-state index contributed by atoms with van der Waals surface area (Å²) in [6.45, 7) is 5.59. The van der Waals surface area contributed by atoms with Crippen LogP contribution in [0.5, 0.6) is 0 Å². The lowest BCUT2D eigenvalue weighted by Gasteiger charge is -2.26. The molecule has 2 aromatic heterocycles. The minimum absolute atomic E-state index is 0.864. The van der Waals surface area contributed by atoms with Gasteiger partial charge in [-0.1, -0.05) is 22.4 Å². The van der Waals surface area contributed by atoms with E-state index < -0.39 is 0 Å². The predicted molar refractivity (Wildman–Crippen MR) is 116 cm³/mol. The second-order valence-electron chi connectivity index (χ2n) is 7.53. The molecule has 2 aliphatic heterocycles. The summed E-state index contributed by atoms with van der Waals surface area (Å²) in [5.74, 6) is 0. The van der Waals surface area contributed by atoms with E-state index in [1.54, 1.807) is 0 Å². The van der Waals surface area contributed by atoms with Crippen molar-refractivity contribution in [1.29, 1.82) is 0 Å². The van der Waals surface area contributed by atoms with Gasteiger partial charge in [0.15, 0.2) is 0 Å². The maximum Gasteiger partial charge on any atom is 0.0596 e. The van der Waals surface area contributed by atoms with Crippen molar-refractivity contribution in [1.82, 2.24) is 19.8 Å². The Morgan fingerprint density at radius 2 is 1.07 bits per heavy atom. The van der Waals surface area contributed by atoms with E-state index in [-0.39, 0.29) is 0 Å². The van der Waals surface area contributed by atoms with E-state index in [2.05, 4.69) is 30.1 Å². The Morgan fingerprint density at radius 1 is 0.667 bits per heavy atom. The van der Waals surface area contributed by atoms with Gasteiger partial charge >= 0.3 is 0 Å². The molecule has 4 rings (SSSR count). The van der Waals surface area contributed by atoms with Gasteiger partial charge in [-0.2, -0.15) is 0 Å². The van der Waals surface area contributed by atoms with Gasteiger partial charge in [0, 0.05) is 77.3 Å². The number of hydrogen-bond donors (Lipinski definition) is 2. The fourth-order valence-corrected chi connectivity index (χ4v) is 3.58. The molecular formula is C22H30N6O2. The summed E-state index contributed by atoms with van der Waals surface area (Å²) in [5.41, 5.74) is 4.02. The van der Waals surface area contributed by atoms with Crippen LogP contribution in [0.1, 0.15) is 37.1 Å². The first-order valence-corrected chi connectivity index (χ1v) is 10.4. The molecule has 4 heterocycles. The van der Waals surface area contributed by atoms with Crippen LogP contribution in [0.25, 0.3) is 0 Å². The third-order valence-corrected chi connectivity index (χ3v) is 5.37. The summed E-state index contributed by atoms with van der Waals surface area (Å²) in [7, 11) is 0. The molecular weight excluding hydrogens is 380 g/mol. The molecule has 0 amide bonds. The number of pyridine rings is 2. The number of piperidine rings is 2. The zero-order chi connectivity index (χ0) is 21.0. The lowest BCUT2D eigenvalue weighted by molar-refractivity contribution is 0.253. The molecule has 0 aromatic carbocycles. The standard InChI is InChI=1S/2C11H15N3O/c2*15-13-10-4-7-14(8-5-10)9-11-3-1-2-6-12-11/h2*1-3,6,15H,4-5,7-9H2. The van der Waals surface area contributed by atoms with Gasteiger partial charge in [-0.05, 0) is 24.3 Å². The van der Waals surface area contributed by atoms with Gasteiger partial charge < -0.3 is 10.4 Å². The fourth-order valence-electron chi connectivity index (χ4n) is 3.58. The molecule has 30 heavy (non-hydrogen) atoms. The maximum absolute atomic E-state index is 8.62. The van der Waals surface area contributed by atoms with Gasteiger partial charge in [-0.25, -0.2) is 0 Å². The van der Waals surface area contributed by atoms with Crippen LogP contribution >= 0.6 is 0 Å². The van der Waals surface area contributed by atoms with Crippen LogP contribution in [0, 0.1) is 0 Å². The van der Waals surface area contributed by atoms with E-state index in [9.17, 15) is 0 Å². The summed E-state index contributed by atoms with van der Waals surface area (Å²) >= 11 is 0.